The van der Waals surface area contributed by atoms with Crippen LogP contribution in [0.2, 0.25) is 0 Å². The summed E-state index contributed by atoms with van der Waals surface area (Å²) in [5.41, 5.74) is 6.43. The van der Waals surface area contributed by atoms with Crippen LogP contribution in [0, 0.1) is 0 Å². The van der Waals surface area contributed by atoms with Crippen molar-refractivity contribution in [1.82, 2.24) is 19.5 Å². The monoisotopic (exact) mass is 393 g/mol. The number of esters is 3. The van der Waals surface area contributed by atoms with Crippen molar-refractivity contribution in [1.29, 1.82) is 0 Å². The number of carbonyl (C=O) groups is 3. The number of carbonyl (C=O) groups excluding carboxylic acids is 3. The summed E-state index contributed by atoms with van der Waals surface area (Å²) >= 11 is 0. The highest BCUT2D eigenvalue weighted by Crippen LogP contribution is 2.35. The third-order valence-corrected chi connectivity index (χ3v) is 3.95. The lowest BCUT2D eigenvalue weighted by molar-refractivity contribution is -0.166. The van der Waals surface area contributed by atoms with E-state index in [-0.39, 0.29) is 12.6 Å². The van der Waals surface area contributed by atoms with Gasteiger partial charge in [0.05, 0.1) is 12.5 Å². The molecule has 0 aromatic carbocycles. The van der Waals surface area contributed by atoms with E-state index in [4.69, 9.17) is 24.7 Å². The summed E-state index contributed by atoms with van der Waals surface area (Å²) in [4.78, 5) is 46.6. The Morgan fingerprint density at radius 2 is 1.79 bits per heavy atom. The van der Waals surface area contributed by atoms with Crippen molar-refractivity contribution in [3.05, 3.63) is 12.5 Å². The number of nitrogens with zero attached hydrogens (tertiary/aromatic N) is 4. The van der Waals surface area contributed by atoms with Gasteiger partial charge in [-0.25, -0.2) is 9.97 Å². The molecule has 3 rings (SSSR count). The number of rotatable bonds is 5. The molecule has 1 fully saturated rings. The largest absolute Gasteiger partial charge is 0.463 e. The first-order valence-electron chi connectivity index (χ1n) is 8.34. The van der Waals surface area contributed by atoms with Crippen molar-refractivity contribution in [2.45, 2.75) is 45.3 Å². The molecule has 12 heteroatoms. The number of anilines is 1. The second-order valence-corrected chi connectivity index (χ2v) is 6.10. The summed E-state index contributed by atoms with van der Waals surface area (Å²) in [7, 11) is 0. The van der Waals surface area contributed by atoms with E-state index in [9.17, 15) is 14.4 Å². The van der Waals surface area contributed by atoms with E-state index in [2.05, 4.69) is 15.0 Å². The molecular weight excluding hydrogens is 374 g/mol. The molecule has 0 saturated carbocycles. The zero-order valence-corrected chi connectivity index (χ0v) is 15.4. The molecular formula is C16H19N5O7. The van der Waals surface area contributed by atoms with Gasteiger partial charge in [-0.2, -0.15) is 4.98 Å². The third kappa shape index (κ3) is 4.01. The van der Waals surface area contributed by atoms with Crippen molar-refractivity contribution >= 4 is 35.0 Å². The molecule has 150 valence electrons. The Hall–Kier alpha value is -3.28. The first-order valence-corrected chi connectivity index (χ1v) is 8.34. The van der Waals surface area contributed by atoms with Gasteiger partial charge < -0.3 is 24.7 Å². The molecule has 0 bridgehead atoms. The van der Waals surface area contributed by atoms with Gasteiger partial charge in [0.25, 0.3) is 0 Å². The molecule has 0 unspecified atom stereocenters. The summed E-state index contributed by atoms with van der Waals surface area (Å²) in [5, 5.41) is 0. The van der Waals surface area contributed by atoms with E-state index in [1.54, 1.807) is 0 Å². The molecule has 1 aliphatic rings. The summed E-state index contributed by atoms with van der Waals surface area (Å²) in [6.07, 6.45) is -1.02. The van der Waals surface area contributed by atoms with E-state index in [0.717, 1.165) is 0 Å². The average Bonchev–Trinajstić information content (AvgIpc) is 3.14. The number of imidazole rings is 1. The minimum absolute atomic E-state index is 0.0179. The van der Waals surface area contributed by atoms with Crippen LogP contribution in [0.15, 0.2) is 12.5 Å². The van der Waals surface area contributed by atoms with Gasteiger partial charge in [-0.3, -0.25) is 19.0 Å². The Kier molecular flexibility index (Phi) is 5.40. The highest BCUT2D eigenvalue weighted by atomic mass is 16.7. The molecule has 0 amide bonds. The van der Waals surface area contributed by atoms with Crippen molar-refractivity contribution in [2.75, 3.05) is 12.3 Å². The van der Waals surface area contributed by atoms with E-state index >= 15 is 0 Å². The van der Waals surface area contributed by atoms with Crippen LogP contribution in [0.4, 0.5) is 5.95 Å². The normalized spacial score (nSPS) is 24.1. The number of ether oxygens (including phenoxy) is 4. The van der Waals surface area contributed by atoms with Crippen LogP contribution in [0.3, 0.4) is 0 Å². The van der Waals surface area contributed by atoms with Gasteiger partial charge in [-0.1, -0.05) is 0 Å². The fourth-order valence-electron chi connectivity index (χ4n) is 2.94. The van der Waals surface area contributed by atoms with Gasteiger partial charge in [-0.15, -0.1) is 0 Å². The number of nitrogen functional groups attached to an aromatic ring is 1. The zero-order chi connectivity index (χ0) is 20.4. The fraction of sp³-hybridized carbons (Fsp3) is 0.500. The second-order valence-electron chi connectivity index (χ2n) is 6.10. The Morgan fingerprint density at radius 1 is 1.11 bits per heavy atom. The predicted molar refractivity (Wildman–Crippen MR) is 91.4 cm³/mol. The third-order valence-electron chi connectivity index (χ3n) is 3.95. The molecule has 0 spiro atoms. The lowest BCUT2D eigenvalue weighted by Gasteiger charge is -2.23. The summed E-state index contributed by atoms with van der Waals surface area (Å²) in [6.45, 7) is 3.46. The minimum Gasteiger partial charge on any atom is -0.463 e. The molecule has 3 heterocycles. The Labute approximate surface area is 158 Å². The van der Waals surface area contributed by atoms with Crippen LogP contribution in [-0.2, 0) is 33.3 Å². The Bertz CT molecular complexity index is 914. The molecule has 2 aromatic rings. The maximum Gasteiger partial charge on any atom is 0.303 e. The standard InChI is InChI=1S/C16H19N5O7/c1-7(22)25-5-11-12(26-8(2)23)13(27-9(3)24)15(28-11)21-6-19-10-4-18-16(17)20-14(10)21/h4,6,11-13,15H,5H2,1-3H3,(H2,17,18,20)/t11-,12+,13-,15+/m0/s1. The predicted octanol–water partition coefficient (Wildman–Crippen LogP) is -0.268. The Balaban J connectivity index is 2.00. The number of hydrogen-bond acceptors (Lipinski definition) is 11. The number of hydrogen-bond donors (Lipinski definition) is 1. The van der Waals surface area contributed by atoms with E-state index in [0.29, 0.717) is 11.2 Å². The van der Waals surface area contributed by atoms with Crippen molar-refractivity contribution in [3.8, 4) is 0 Å². The van der Waals surface area contributed by atoms with E-state index < -0.39 is 42.4 Å². The van der Waals surface area contributed by atoms with E-state index in [1.807, 2.05) is 0 Å². The molecule has 1 aliphatic heterocycles. The smallest absolute Gasteiger partial charge is 0.303 e. The lowest BCUT2D eigenvalue weighted by atomic mass is 10.1. The SMILES string of the molecule is CC(=O)OC[C@@H]1O[C@@H](n2cnc3cnc(N)nc32)[C@@H](OC(C)=O)[C@@H]1OC(C)=O. The van der Waals surface area contributed by atoms with Gasteiger partial charge in [0.2, 0.25) is 5.95 Å². The molecule has 12 nitrogen and oxygen atoms in total. The van der Waals surface area contributed by atoms with Crippen LogP contribution in [-0.4, -0.2) is 62.3 Å². The fourth-order valence-corrected chi connectivity index (χ4v) is 2.94. The Morgan fingerprint density at radius 3 is 2.43 bits per heavy atom. The highest BCUT2D eigenvalue weighted by molar-refractivity contribution is 5.71. The zero-order valence-electron chi connectivity index (χ0n) is 15.4. The molecule has 4 atom stereocenters. The molecule has 0 radical (unpaired) electrons. The number of fused-ring (bicyclic) bond motifs is 1. The quantitative estimate of drug-likeness (QED) is 0.526. The van der Waals surface area contributed by atoms with Crippen molar-refractivity contribution < 1.29 is 33.3 Å². The maximum absolute atomic E-state index is 11.7. The highest BCUT2D eigenvalue weighted by Gasteiger charge is 2.51. The number of nitrogens with two attached hydrogens (primary N) is 1. The van der Waals surface area contributed by atoms with Gasteiger partial charge in [0.1, 0.15) is 18.2 Å². The first-order chi connectivity index (χ1) is 13.3. The van der Waals surface area contributed by atoms with Gasteiger partial charge in [0.15, 0.2) is 24.1 Å². The van der Waals surface area contributed by atoms with Crippen LogP contribution in [0.1, 0.15) is 27.0 Å². The van der Waals surface area contributed by atoms with E-state index in [1.165, 1.54) is 37.9 Å². The van der Waals surface area contributed by atoms with Crippen LogP contribution < -0.4 is 5.73 Å². The minimum atomic E-state index is -1.03. The maximum atomic E-state index is 11.7. The summed E-state index contributed by atoms with van der Waals surface area (Å²) in [6, 6.07) is 0. The average molecular weight is 393 g/mol. The summed E-state index contributed by atoms with van der Waals surface area (Å²) in [5.74, 6) is -1.74. The van der Waals surface area contributed by atoms with Crippen LogP contribution >= 0.6 is 0 Å². The van der Waals surface area contributed by atoms with Crippen molar-refractivity contribution in [2.24, 2.45) is 0 Å². The summed E-state index contributed by atoms with van der Waals surface area (Å²) < 4.78 is 23.1. The molecule has 0 aliphatic carbocycles. The lowest BCUT2D eigenvalue weighted by Crippen LogP contribution is -2.40. The van der Waals surface area contributed by atoms with Crippen LogP contribution in [0.25, 0.3) is 11.2 Å². The van der Waals surface area contributed by atoms with Gasteiger partial charge >= 0.3 is 17.9 Å². The van der Waals surface area contributed by atoms with Gasteiger partial charge in [-0.05, 0) is 0 Å². The molecule has 2 aromatic heterocycles. The number of aromatic nitrogens is 4. The van der Waals surface area contributed by atoms with Crippen molar-refractivity contribution in [3.63, 3.8) is 0 Å². The molecule has 1 saturated heterocycles. The van der Waals surface area contributed by atoms with Gasteiger partial charge in [0, 0.05) is 20.8 Å². The van der Waals surface area contributed by atoms with Crippen LogP contribution in [0.5, 0.6) is 0 Å². The molecule has 28 heavy (non-hydrogen) atoms. The first kappa shape index (κ1) is 19.5. The topological polar surface area (TPSA) is 158 Å². The molecule has 2 N–H and O–H groups in total. The second kappa shape index (κ2) is 7.76.